The summed E-state index contributed by atoms with van der Waals surface area (Å²) in [5, 5.41) is 14.2. The number of rotatable bonds is 8. The number of hydrogen-bond donors (Lipinski definition) is 2. The molecule has 1 saturated heterocycles. The van der Waals surface area contributed by atoms with E-state index in [1.54, 1.807) is 24.3 Å². The minimum atomic E-state index is -0.562. The van der Waals surface area contributed by atoms with Gasteiger partial charge in [-0.2, -0.15) is 5.26 Å². The molecule has 2 N–H and O–H groups in total. The molecular formula is C17H18N4O4S. The molecule has 0 bridgehead atoms. The van der Waals surface area contributed by atoms with Crippen molar-refractivity contribution in [1.29, 1.82) is 5.26 Å². The van der Waals surface area contributed by atoms with Crippen LogP contribution in [0.3, 0.4) is 0 Å². The highest BCUT2D eigenvalue weighted by atomic mass is 32.2. The van der Waals surface area contributed by atoms with E-state index < -0.39 is 5.91 Å². The van der Waals surface area contributed by atoms with Gasteiger partial charge in [-0.25, -0.2) is 0 Å². The average molecular weight is 374 g/mol. The molecule has 0 radical (unpaired) electrons. The third-order valence-electron chi connectivity index (χ3n) is 3.35. The number of benzene rings is 1. The van der Waals surface area contributed by atoms with Crippen LogP contribution in [-0.2, 0) is 9.59 Å². The minimum absolute atomic E-state index is 0.118. The zero-order chi connectivity index (χ0) is 18.9. The molecular weight excluding hydrogens is 356 g/mol. The smallest absolute Gasteiger partial charge is 0.288 e. The number of ether oxygens (including phenoxy) is 1. The van der Waals surface area contributed by atoms with E-state index in [0.717, 1.165) is 16.7 Å². The van der Waals surface area contributed by atoms with Crippen LogP contribution in [-0.4, -0.2) is 47.4 Å². The maximum Gasteiger partial charge on any atom is 0.288 e. The van der Waals surface area contributed by atoms with Crippen LogP contribution in [0, 0.1) is 11.3 Å². The topological polar surface area (TPSA) is 112 Å². The first kappa shape index (κ1) is 19.3. The monoisotopic (exact) mass is 374 g/mol. The molecule has 0 aliphatic carbocycles. The van der Waals surface area contributed by atoms with Crippen LogP contribution >= 0.6 is 11.8 Å². The molecule has 1 fully saturated rings. The quantitative estimate of drug-likeness (QED) is 0.405. The second-order valence-electron chi connectivity index (χ2n) is 5.14. The van der Waals surface area contributed by atoms with E-state index in [1.165, 1.54) is 6.20 Å². The molecule has 1 aromatic rings. The van der Waals surface area contributed by atoms with Gasteiger partial charge in [-0.15, -0.1) is 0 Å². The first-order valence-corrected chi connectivity index (χ1v) is 8.88. The van der Waals surface area contributed by atoms with Gasteiger partial charge in [0, 0.05) is 25.0 Å². The molecule has 1 aromatic carbocycles. The summed E-state index contributed by atoms with van der Waals surface area (Å²) in [7, 11) is 0. The van der Waals surface area contributed by atoms with Gasteiger partial charge in [0.2, 0.25) is 5.91 Å². The molecule has 8 nitrogen and oxygen atoms in total. The van der Waals surface area contributed by atoms with E-state index in [9.17, 15) is 14.4 Å². The van der Waals surface area contributed by atoms with E-state index >= 15 is 0 Å². The highest BCUT2D eigenvalue weighted by Crippen LogP contribution is 2.18. The highest BCUT2D eigenvalue weighted by Gasteiger charge is 2.28. The van der Waals surface area contributed by atoms with Crippen molar-refractivity contribution in [1.82, 2.24) is 10.2 Å². The SMILES string of the molecule is CCOc1ccc(NC(=O)/C(C#N)=C\NCCN2C(=O)CSC2=O)cc1. The number of anilines is 1. The highest BCUT2D eigenvalue weighted by molar-refractivity contribution is 8.14. The molecule has 2 rings (SSSR count). The number of imide groups is 1. The van der Waals surface area contributed by atoms with Crippen LogP contribution < -0.4 is 15.4 Å². The van der Waals surface area contributed by atoms with Gasteiger partial charge in [-0.05, 0) is 31.2 Å². The molecule has 0 atom stereocenters. The van der Waals surface area contributed by atoms with Crippen molar-refractivity contribution in [3.63, 3.8) is 0 Å². The van der Waals surface area contributed by atoms with Gasteiger partial charge in [-0.3, -0.25) is 19.3 Å². The molecule has 136 valence electrons. The van der Waals surface area contributed by atoms with Crippen molar-refractivity contribution in [2.45, 2.75) is 6.92 Å². The normalized spacial score (nSPS) is 14.2. The Morgan fingerprint density at radius 1 is 1.38 bits per heavy atom. The van der Waals surface area contributed by atoms with E-state index in [0.29, 0.717) is 18.0 Å². The van der Waals surface area contributed by atoms with Gasteiger partial charge in [-0.1, -0.05) is 11.8 Å². The third kappa shape index (κ3) is 5.26. The zero-order valence-electron chi connectivity index (χ0n) is 14.2. The lowest BCUT2D eigenvalue weighted by Crippen LogP contribution is -2.34. The van der Waals surface area contributed by atoms with Crippen LogP contribution in [0.4, 0.5) is 10.5 Å². The average Bonchev–Trinajstić information content (AvgIpc) is 2.95. The molecule has 1 aliphatic heterocycles. The molecule has 0 unspecified atom stereocenters. The van der Waals surface area contributed by atoms with Crippen molar-refractivity contribution in [3.05, 3.63) is 36.0 Å². The second-order valence-corrected chi connectivity index (χ2v) is 6.06. The number of nitrogens with one attached hydrogen (secondary N) is 2. The van der Waals surface area contributed by atoms with Gasteiger partial charge in [0.25, 0.3) is 11.1 Å². The van der Waals surface area contributed by atoms with Gasteiger partial charge >= 0.3 is 0 Å². The number of hydrogen-bond acceptors (Lipinski definition) is 7. The Morgan fingerprint density at radius 3 is 2.69 bits per heavy atom. The third-order valence-corrected chi connectivity index (χ3v) is 4.21. The Labute approximate surface area is 155 Å². The summed E-state index contributed by atoms with van der Waals surface area (Å²) in [4.78, 5) is 36.2. The van der Waals surface area contributed by atoms with E-state index in [-0.39, 0.29) is 35.6 Å². The predicted octanol–water partition coefficient (Wildman–Crippen LogP) is 1.72. The lowest BCUT2D eigenvalue weighted by molar-refractivity contribution is -0.124. The number of thioether (sulfide) groups is 1. The first-order valence-electron chi connectivity index (χ1n) is 7.90. The van der Waals surface area contributed by atoms with Crippen molar-refractivity contribution in [2.75, 3.05) is 30.8 Å². The van der Waals surface area contributed by atoms with Crippen molar-refractivity contribution in [3.8, 4) is 11.8 Å². The molecule has 0 spiro atoms. The summed E-state index contributed by atoms with van der Waals surface area (Å²) in [6, 6.07) is 8.59. The van der Waals surface area contributed by atoms with Crippen LogP contribution in [0.1, 0.15) is 6.92 Å². The summed E-state index contributed by atoms with van der Waals surface area (Å²) >= 11 is 0.961. The maximum absolute atomic E-state index is 12.1. The zero-order valence-corrected chi connectivity index (χ0v) is 15.0. The fraction of sp³-hybridized carbons (Fsp3) is 0.294. The largest absolute Gasteiger partial charge is 0.494 e. The fourth-order valence-corrected chi connectivity index (χ4v) is 2.85. The predicted molar refractivity (Wildman–Crippen MR) is 97.5 cm³/mol. The number of nitriles is 1. The number of amides is 3. The standard InChI is InChI=1S/C17H18N4O4S/c1-2-25-14-5-3-13(4-6-14)20-16(23)12(9-18)10-19-7-8-21-15(22)11-26-17(21)24/h3-6,10,19H,2,7-8,11H2,1H3,(H,20,23)/b12-10-. The Kier molecular flexibility index (Phi) is 7.05. The molecule has 0 saturated carbocycles. The Morgan fingerprint density at radius 2 is 2.12 bits per heavy atom. The van der Waals surface area contributed by atoms with Crippen LogP contribution in [0.2, 0.25) is 0 Å². The fourth-order valence-electron chi connectivity index (χ4n) is 2.10. The Balaban J connectivity index is 1.85. The number of carbonyl (C=O) groups is 3. The lowest BCUT2D eigenvalue weighted by Gasteiger charge is -2.12. The van der Waals surface area contributed by atoms with E-state index in [4.69, 9.17) is 10.00 Å². The van der Waals surface area contributed by atoms with Crippen molar-refractivity contribution in [2.24, 2.45) is 0 Å². The maximum atomic E-state index is 12.1. The van der Waals surface area contributed by atoms with E-state index in [1.807, 2.05) is 13.0 Å². The lowest BCUT2D eigenvalue weighted by atomic mass is 10.2. The van der Waals surface area contributed by atoms with Crippen LogP contribution in [0.5, 0.6) is 5.75 Å². The molecule has 26 heavy (non-hydrogen) atoms. The molecule has 1 aliphatic rings. The van der Waals surface area contributed by atoms with Crippen molar-refractivity contribution < 1.29 is 19.1 Å². The summed E-state index contributed by atoms with van der Waals surface area (Å²) < 4.78 is 5.32. The molecule has 0 aromatic heterocycles. The minimum Gasteiger partial charge on any atom is -0.494 e. The summed E-state index contributed by atoms with van der Waals surface area (Å²) in [6.45, 7) is 2.85. The van der Waals surface area contributed by atoms with Crippen molar-refractivity contribution >= 4 is 34.5 Å². The summed E-state index contributed by atoms with van der Waals surface area (Å²) in [6.07, 6.45) is 1.27. The summed E-state index contributed by atoms with van der Waals surface area (Å²) in [5.74, 6) is 0.0442. The van der Waals surface area contributed by atoms with Gasteiger partial charge in [0.05, 0.1) is 12.4 Å². The Bertz CT molecular complexity index is 739. The van der Waals surface area contributed by atoms with Crippen LogP contribution in [0.25, 0.3) is 0 Å². The Hall–Kier alpha value is -2.99. The first-order chi connectivity index (χ1) is 12.5. The number of nitrogens with zero attached hydrogens (tertiary/aromatic N) is 2. The summed E-state index contributed by atoms with van der Waals surface area (Å²) in [5.41, 5.74) is 0.414. The van der Waals surface area contributed by atoms with Gasteiger partial charge < -0.3 is 15.4 Å². The van der Waals surface area contributed by atoms with E-state index in [2.05, 4.69) is 10.6 Å². The second kappa shape index (κ2) is 9.48. The number of carbonyl (C=O) groups excluding carboxylic acids is 3. The van der Waals surface area contributed by atoms with Crippen LogP contribution in [0.15, 0.2) is 36.0 Å². The van der Waals surface area contributed by atoms with Gasteiger partial charge in [0.1, 0.15) is 17.4 Å². The molecule has 3 amide bonds. The van der Waals surface area contributed by atoms with Gasteiger partial charge in [0.15, 0.2) is 0 Å². The molecule has 1 heterocycles. The molecule has 9 heteroatoms.